The molecule has 0 aromatic heterocycles. The van der Waals surface area contributed by atoms with Crippen LogP contribution in [0.3, 0.4) is 0 Å². The molecule has 4 nitrogen and oxygen atoms in total. The highest BCUT2D eigenvalue weighted by Gasteiger charge is 2.16. The van der Waals surface area contributed by atoms with Crippen molar-refractivity contribution in [1.82, 2.24) is 0 Å². The fourth-order valence-corrected chi connectivity index (χ4v) is 2.99. The lowest BCUT2D eigenvalue weighted by Crippen LogP contribution is -2.24. The largest absolute Gasteiger partial charge is 0.481 e. The molecule has 0 fully saturated rings. The Hall–Kier alpha value is -3.55. The van der Waals surface area contributed by atoms with E-state index in [0.29, 0.717) is 19.4 Å². The lowest BCUT2D eigenvalue weighted by Gasteiger charge is -2.10. The second-order valence-electron chi connectivity index (χ2n) is 6.79. The molecule has 3 aromatic rings. The van der Waals surface area contributed by atoms with Gasteiger partial charge in [-0.05, 0) is 34.4 Å². The van der Waals surface area contributed by atoms with Gasteiger partial charge in [-0.3, -0.25) is 0 Å². The first kappa shape index (κ1) is 21.2. The lowest BCUT2D eigenvalue weighted by molar-refractivity contribution is -0.148. The summed E-state index contributed by atoms with van der Waals surface area (Å²) in [6.45, 7) is 0.330. The van der Waals surface area contributed by atoms with Gasteiger partial charge in [0.15, 0.2) is 6.10 Å². The van der Waals surface area contributed by atoms with Crippen molar-refractivity contribution in [3.63, 3.8) is 0 Å². The first-order valence-electron chi connectivity index (χ1n) is 9.73. The molecule has 0 heterocycles. The number of carbonyl (C=O) groups is 1. The molecule has 30 heavy (non-hydrogen) atoms. The zero-order valence-corrected chi connectivity index (χ0v) is 16.9. The van der Waals surface area contributed by atoms with E-state index in [-0.39, 0.29) is 0 Å². The molecule has 0 aliphatic heterocycles. The SMILES string of the molecule is CO[C@@H](Cc1ccc(CC#CCOc2ccc(-c3ccccc3)cc2)cc1)C(=O)O. The Bertz CT molecular complexity index is 997. The summed E-state index contributed by atoms with van der Waals surface area (Å²) in [7, 11) is 1.41. The van der Waals surface area contributed by atoms with E-state index in [4.69, 9.17) is 14.6 Å². The molecule has 0 spiro atoms. The molecule has 0 aliphatic rings. The standard InChI is InChI=1S/C26H24O4/c1-29-25(26(27)28)19-21-12-10-20(11-13-21)7-5-6-18-30-24-16-14-23(15-17-24)22-8-3-2-4-9-22/h2-4,8-17,25H,7,18-19H2,1H3,(H,27,28)/t25-/m0/s1. The minimum atomic E-state index is -0.956. The van der Waals surface area contributed by atoms with Crippen molar-refractivity contribution in [1.29, 1.82) is 0 Å². The van der Waals surface area contributed by atoms with E-state index in [1.54, 1.807) is 0 Å². The number of carboxylic acid groups (broad SMARTS) is 1. The number of benzene rings is 3. The average molecular weight is 400 g/mol. The highest BCUT2D eigenvalue weighted by atomic mass is 16.5. The molecule has 3 aromatic carbocycles. The predicted octanol–water partition coefficient (Wildman–Crippen LogP) is 4.62. The lowest BCUT2D eigenvalue weighted by atomic mass is 10.0. The van der Waals surface area contributed by atoms with Crippen LogP contribution in [0.2, 0.25) is 0 Å². The van der Waals surface area contributed by atoms with Crippen molar-refractivity contribution in [2.75, 3.05) is 13.7 Å². The van der Waals surface area contributed by atoms with E-state index >= 15 is 0 Å². The summed E-state index contributed by atoms with van der Waals surface area (Å²) in [5, 5.41) is 9.05. The van der Waals surface area contributed by atoms with Gasteiger partial charge in [0.25, 0.3) is 0 Å². The third-order valence-electron chi connectivity index (χ3n) is 4.69. The van der Waals surface area contributed by atoms with Gasteiger partial charge in [0.2, 0.25) is 0 Å². The monoisotopic (exact) mass is 400 g/mol. The maximum atomic E-state index is 11.0. The Morgan fingerprint density at radius 2 is 1.50 bits per heavy atom. The van der Waals surface area contributed by atoms with Gasteiger partial charge in [-0.1, -0.05) is 78.6 Å². The van der Waals surface area contributed by atoms with Crippen molar-refractivity contribution in [2.24, 2.45) is 0 Å². The van der Waals surface area contributed by atoms with E-state index < -0.39 is 12.1 Å². The van der Waals surface area contributed by atoms with E-state index in [1.165, 1.54) is 12.7 Å². The Morgan fingerprint density at radius 3 is 2.13 bits per heavy atom. The Labute approximate surface area is 177 Å². The van der Waals surface area contributed by atoms with Crippen molar-refractivity contribution < 1.29 is 19.4 Å². The number of carboxylic acids is 1. The minimum absolute atomic E-state index is 0.330. The highest BCUT2D eigenvalue weighted by Crippen LogP contribution is 2.21. The molecular weight excluding hydrogens is 376 g/mol. The number of ether oxygens (including phenoxy) is 2. The third kappa shape index (κ3) is 6.23. The molecule has 0 saturated carbocycles. The summed E-state index contributed by atoms with van der Waals surface area (Å²) >= 11 is 0. The minimum Gasteiger partial charge on any atom is -0.481 e. The zero-order valence-electron chi connectivity index (χ0n) is 16.9. The predicted molar refractivity (Wildman–Crippen MR) is 117 cm³/mol. The van der Waals surface area contributed by atoms with Crippen molar-refractivity contribution in [2.45, 2.75) is 18.9 Å². The van der Waals surface area contributed by atoms with Crippen LogP contribution in [-0.4, -0.2) is 30.9 Å². The summed E-state index contributed by atoms with van der Waals surface area (Å²) in [5.41, 5.74) is 4.32. The molecule has 152 valence electrons. The molecule has 4 heteroatoms. The van der Waals surface area contributed by atoms with Crippen molar-refractivity contribution in [3.8, 4) is 28.7 Å². The van der Waals surface area contributed by atoms with Gasteiger partial charge in [-0.25, -0.2) is 4.79 Å². The second-order valence-corrected chi connectivity index (χ2v) is 6.79. The fourth-order valence-electron chi connectivity index (χ4n) is 2.99. The van der Waals surface area contributed by atoms with Gasteiger partial charge in [0.05, 0.1) is 0 Å². The molecule has 0 bridgehead atoms. The van der Waals surface area contributed by atoms with Crippen LogP contribution in [0.15, 0.2) is 78.9 Å². The summed E-state index contributed by atoms with van der Waals surface area (Å²) in [4.78, 5) is 11.0. The van der Waals surface area contributed by atoms with Crippen LogP contribution in [0.4, 0.5) is 0 Å². The van der Waals surface area contributed by atoms with Crippen LogP contribution in [0.5, 0.6) is 5.75 Å². The Morgan fingerprint density at radius 1 is 0.867 bits per heavy atom. The van der Waals surface area contributed by atoms with Gasteiger partial charge in [-0.2, -0.15) is 0 Å². The van der Waals surface area contributed by atoms with Gasteiger partial charge < -0.3 is 14.6 Å². The van der Waals surface area contributed by atoms with E-state index in [0.717, 1.165) is 22.4 Å². The molecular formula is C26H24O4. The van der Waals surface area contributed by atoms with Crippen molar-refractivity contribution in [3.05, 3.63) is 90.0 Å². The molecule has 3 rings (SSSR count). The third-order valence-corrected chi connectivity index (χ3v) is 4.69. The first-order chi connectivity index (χ1) is 14.7. The fraction of sp³-hybridized carbons (Fsp3) is 0.192. The van der Waals surface area contributed by atoms with Crippen LogP contribution in [0.1, 0.15) is 11.1 Å². The molecule has 0 saturated heterocycles. The number of methoxy groups -OCH3 is 1. The van der Waals surface area contributed by atoms with Crippen LogP contribution >= 0.6 is 0 Å². The highest BCUT2D eigenvalue weighted by molar-refractivity contribution is 5.72. The quantitative estimate of drug-likeness (QED) is 0.561. The normalized spacial score (nSPS) is 11.2. The van der Waals surface area contributed by atoms with E-state index in [9.17, 15) is 4.79 Å². The summed E-state index contributed by atoms with van der Waals surface area (Å²) in [6.07, 6.45) is 0.132. The smallest absolute Gasteiger partial charge is 0.333 e. The molecule has 1 N–H and O–H groups in total. The molecule has 0 amide bonds. The Balaban J connectivity index is 1.45. The summed E-state index contributed by atoms with van der Waals surface area (Å²) in [6, 6.07) is 25.9. The summed E-state index contributed by atoms with van der Waals surface area (Å²) in [5.74, 6) is 5.97. The van der Waals surface area contributed by atoms with Crippen molar-refractivity contribution >= 4 is 5.97 Å². The molecule has 0 unspecified atom stereocenters. The van der Waals surface area contributed by atoms with Gasteiger partial charge in [0, 0.05) is 20.0 Å². The number of rotatable bonds is 8. The topological polar surface area (TPSA) is 55.8 Å². The first-order valence-corrected chi connectivity index (χ1v) is 9.73. The number of hydrogen-bond donors (Lipinski definition) is 1. The number of hydrogen-bond acceptors (Lipinski definition) is 3. The van der Waals surface area contributed by atoms with Crippen LogP contribution < -0.4 is 4.74 Å². The summed E-state index contributed by atoms with van der Waals surface area (Å²) < 4.78 is 10.7. The molecule has 0 aliphatic carbocycles. The van der Waals surface area contributed by atoms with Gasteiger partial charge >= 0.3 is 5.97 Å². The molecule has 0 radical (unpaired) electrons. The zero-order chi connectivity index (χ0) is 21.2. The average Bonchev–Trinajstić information content (AvgIpc) is 2.79. The maximum absolute atomic E-state index is 11.0. The number of aliphatic carboxylic acids is 1. The Kier molecular flexibility index (Phi) is 7.65. The van der Waals surface area contributed by atoms with E-state index in [1.807, 2.05) is 66.7 Å². The van der Waals surface area contributed by atoms with Crippen LogP contribution in [0.25, 0.3) is 11.1 Å². The molecule has 1 atom stereocenters. The maximum Gasteiger partial charge on any atom is 0.333 e. The van der Waals surface area contributed by atoms with E-state index in [2.05, 4.69) is 24.0 Å². The van der Waals surface area contributed by atoms with Crippen LogP contribution in [0, 0.1) is 11.8 Å². The van der Waals surface area contributed by atoms with Gasteiger partial charge in [0.1, 0.15) is 12.4 Å². The van der Waals surface area contributed by atoms with Gasteiger partial charge in [-0.15, -0.1) is 0 Å². The van der Waals surface area contributed by atoms with Crippen LogP contribution in [-0.2, 0) is 22.4 Å². The second kappa shape index (κ2) is 10.8.